The Morgan fingerprint density at radius 3 is 2.33 bits per heavy atom. The fourth-order valence-corrected chi connectivity index (χ4v) is 2.36. The van der Waals surface area contributed by atoms with E-state index in [9.17, 15) is 14.4 Å². The number of carbonyl (C=O) groups excluding carboxylic acids is 2. The number of unbranched alkanes of at least 4 members (excludes halogenated alkanes) is 2. The molecule has 0 fully saturated rings. The normalized spacial score (nSPS) is 11.5. The second-order valence-corrected chi connectivity index (χ2v) is 5.72. The third kappa shape index (κ3) is 8.31. The van der Waals surface area contributed by atoms with Crippen molar-refractivity contribution in [3.8, 4) is 0 Å². The average Bonchev–Trinajstić information content (AvgIpc) is 2.58. The molecule has 2 amide bonds. The lowest BCUT2D eigenvalue weighted by Gasteiger charge is -2.14. The number of benzene rings is 1. The maximum atomic E-state index is 11.8. The predicted molar refractivity (Wildman–Crippen MR) is 91.5 cm³/mol. The van der Waals surface area contributed by atoms with E-state index in [2.05, 4.69) is 22.8 Å². The van der Waals surface area contributed by atoms with Crippen LogP contribution >= 0.6 is 0 Å². The highest BCUT2D eigenvalue weighted by Crippen LogP contribution is 2.08. The Balaban J connectivity index is 2.20. The number of nitrogens with one attached hydrogen (secondary N) is 2. The number of carbonyl (C=O) groups is 3. The smallest absolute Gasteiger partial charge is 0.326 e. The van der Waals surface area contributed by atoms with Gasteiger partial charge in [-0.15, -0.1) is 0 Å². The van der Waals surface area contributed by atoms with Gasteiger partial charge in [0.25, 0.3) is 0 Å². The van der Waals surface area contributed by atoms with Gasteiger partial charge in [-0.2, -0.15) is 0 Å². The molecule has 0 aliphatic heterocycles. The molecule has 1 aromatic carbocycles. The summed E-state index contributed by atoms with van der Waals surface area (Å²) in [5.41, 5.74) is 1.28. The summed E-state index contributed by atoms with van der Waals surface area (Å²) in [5.74, 6) is -1.63. The van der Waals surface area contributed by atoms with E-state index in [1.807, 2.05) is 18.2 Å². The molecule has 0 bridgehead atoms. The molecule has 132 valence electrons. The molecular weight excluding hydrogens is 308 g/mol. The van der Waals surface area contributed by atoms with E-state index >= 15 is 0 Å². The zero-order valence-corrected chi connectivity index (χ0v) is 14.1. The molecule has 6 heteroatoms. The second kappa shape index (κ2) is 11.2. The predicted octanol–water partition coefficient (Wildman–Crippen LogP) is 1.89. The van der Waals surface area contributed by atoms with Crippen LogP contribution in [-0.2, 0) is 20.8 Å². The summed E-state index contributed by atoms with van der Waals surface area (Å²) < 4.78 is 0. The Hall–Kier alpha value is -2.37. The van der Waals surface area contributed by atoms with E-state index in [-0.39, 0.29) is 24.7 Å². The number of hydrogen-bond donors (Lipinski definition) is 3. The molecule has 0 aromatic heterocycles. The van der Waals surface area contributed by atoms with Crippen LogP contribution in [0.1, 0.15) is 44.1 Å². The van der Waals surface area contributed by atoms with Crippen molar-refractivity contribution in [2.75, 3.05) is 7.05 Å². The van der Waals surface area contributed by atoms with Crippen LogP contribution < -0.4 is 10.6 Å². The van der Waals surface area contributed by atoms with Crippen LogP contribution in [0.2, 0.25) is 0 Å². The van der Waals surface area contributed by atoms with Crippen LogP contribution in [0.4, 0.5) is 0 Å². The Labute approximate surface area is 142 Å². The Kier molecular flexibility index (Phi) is 9.19. The van der Waals surface area contributed by atoms with Crippen molar-refractivity contribution >= 4 is 17.8 Å². The number of carboxylic acid groups (broad SMARTS) is 1. The molecule has 0 radical (unpaired) electrons. The van der Waals surface area contributed by atoms with Gasteiger partial charge in [0.15, 0.2) is 0 Å². The summed E-state index contributed by atoms with van der Waals surface area (Å²) in [5, 5.41) is 14.0. The summed E-state index contributed by atoms with van der Waals surface area (Å²) >= 11 is 0. The van der Waals surface area contributed by atoms with Gasteiger partial charge in [0.2, 0.25) is 11.8 Å². The molecule has 1 rings (SSSR count). The molecule has 0 saturated heterocycles. The van der Waals surface area contributed by atoms with Gasteiger partial charge in [-0.25, -0.2) is 4.79 Å². The third-order valence-electron chi connectivity index (χ3n) is 3.78. The number of aliphatic carboxylic acids is 1. The quantitative estimate of drug-likeness (QED) is 0.539. The number of amides is 2. The highest BCUT2D eigenvalue weighted by atomic mass is 16.4. The monoisotopic (exact) mass is 334 g/mol. The van der Waals surface area contributed by atoms with Gasteiger partial charge in [-0.1, -0.05) is 36.8 Å². The molecule has 1 atom stereocenters. The van der Waals surface area contributed by atoms with Crippen LogP contribution in [0, 0.1) is 0 Å². The molecule has 0 heterocycles. The number of carboxylic acids is 1. The van der Waals surface area contributed by atoms with E-state index < -0.39 is 12.0 Å². The highest BCUT2D eigenvalue weighted by molar-refractivity contribution is 5.84. The summed E-state index contributed by atoms with van der Waals surface area (Å²) in [6.45, 7) is 0. The van der Waals surface area contributed by atoms with Crippen molar-refractivity contribution < 1.29 is 19.5 Å². The summed E-state index contributed by atoms with van der Waals surface area (Å²) in [6, 6.07) is 9.14. The molecule has 0 spiro atoms. The van der Waals surface area contributed by atoms with Gasteiger partial charge >= 0.3 is 5.97 Å². The Morgan fingerprint density at radius 2 is 1.71 bits per heavy atom. The van der Waals surface area contributed by atoms with Crippen molar-refractivity contribution in [2.24, 2.45) is 0 Å². The molecule has 0 unspecified atom stereocenters. The van der Waals surface area contributed by atoms with Gasteiger partial charge in [0.05, 0.1) is 0 Å². The second-order valence-electron chi connectivity index (χ2n) is 5.72. The van der Waals surface area contributed by atoms with Gasteiger partial charge < -0.3 is 15.7 Å². The molecule has 24 heavy (non-hydrogen) atoms. The Morgan fingerprint density at radius 1 is 1.00 bits per heavy atom. The van der Waals surface area contributed by atoms with Gasteiger partial charge in [0, 0.05) is 19.9 Å². The maximum absolute atomic E-state index is 11.8. The summed E-state index contributed by atoms with van der Waals surface area (Å²) in [6.07, 6.45) is 4.08. The molecular formula is C18H26N2O4. The topological polar surface area (TPSA) is 95.5 Å². The van der Waals surface area contributed by atoms with E-state index in [4.69, 9.17) is 5.11 Å². The number of aryl methyl sites for hydroxylation is 1. The summed E-state index contributed by atoms with van der Waals surface area (Å²) in [7, 11) is 1.49. The largest absolute Gasteiger partial charge is 0.480 e. The van der Waals surface area contributed by atoms with Crippen LogP contribution in [-0.4, -0.2) is 36.0 Å². The minimum absolute atomic E-state index is 0.0742. The average molecular weight is 334 g/mol. The third-order valence-corrected chi connectivity index (χ3v) is 3.78. The minimum atomic E-state index is -1.11. The van der Waals surface area contributed by atoms with Crippen molar-refractivity contribution in [3.05, 3.63) is 35.9 Å². The van der Waals surface area contributed by atoms with Crippen LogP contribution in [0.25, 0.3) is 0 Å². The van der Waals surface area contributed by atoms with E-state index in [0.717, 1.165) is 25.7 Å². The van der Waals surface area contributed by atoms with E-state index in [1.165, 1.54) is 12.6 Å². The number of rotatable bonds is 11. The van der Waals surface area contributed by atoms with Crippen molar-refractivity contribution in [1.29, 1.82) is 0 Å². The first-order valence-electron chi connectivity index (χ1n) is 8.29. The first kappa shape index (κ1) is 19.7. The van der Waals surface area contributed by atoms with Crippen LogP contribution in [0.15, 0.2) is 30.3 Å². The molecule has 6 nitrogen and oxygen atoms in total. The standard InChI is InChI=1S/C18H26N2O4/c1-19-16(21)13-12-15(18(23)24)20-17(22)11-7-3-6-10-14-8-4-2-5-9-14/h2,4-5,8-9,15H,3,6-7,10-13H2,1H3,(H,19,21)(H,20,22)(H,23,24)/t15-/m0/s1. The fourth-order valence-electron chi connectivity index (χ4n) is 2.36. The van der Waals surface area contributed by atoms with Crippen molar-refractivity contribution in [1.82, 2.24) is 10.6 Å². The highest BCUT2D eigenvalue weighted by Gasteiger charge is 2.20. The first-order valence-corrected chi connectivity index (χ1v) is 8.29. The number of hydrogen-bond acceptors (Lipinski definition) is 3. The summed E-state index contributed by atoms with van der Waals surface area (Å²) in [4.78, 5) is 34.1. The van der Waals surface area contributed by atoms with E-state index in [1.54, 1.807) is 0 Å². The molecule has 0 aliphatic rings. The molecule has 0 aliphatic carbocycles. The maximum Gasteiger partial charge on any atom is 0.326 e. The SMILES string of the molecule is CNC(=O)CC[C@H](NC(=O)CCCCCc1ccccc1)C(=O)O. The van der Waals surface area contributed by atoms with Gasteiger partial charge in [0.1, 0.15) is 6.04 Å². The van der Waals surface area contributed by atoms with Crippen LogP contribution in [0.5, 0.6) is 0 Å². The lowest BCUT2D eigenvalue weighted by Crippen LogP contribution is -2.41. The lowest BCUT2D eigenvalue weighted by atomic mass is 10.1. The molecule has 1 aromatic rings. The Bertz CT molecular complexity index is 531. The molecule has 0 saturated carbocycles. The first-order chi connectivity index (χ1) is 11.5. The zero-order valence-electron chi connectivity index (χ0n) is 14.1. The van der Waals surface area contributed by atoms with Gasteiger partial charge in [-0.05, 0) is 31.2 Å². The van der Waals surface area contributed by atoms with Crippen LogP contribution in [0.3, 0.4) is 0 Å². The minimum Gasteiger partial charge on any atom is -0.480 e. The van der Waals surface area contributed by atoms with Crippen molar-refractivity contribution in [3.63, 3.8) is 0 Å². The zero-order chi connectivity index (χ0) is 17.8. The fraction of sp³-hybridized carbons (Fsp3) is 0.500. The molecule has 3 N–H and O–H groups in total. The van der Waals surface area contributed by atoms with Gasteiger partial charge in [-0.3, -0.25) is 9.59 Å². The van der Waals surface area contributed by atoms with E-state index in [0.29, 0.717) is 6.42 Å². The lowest BCUT2D eigenvalue weighted by molar-refractivity contribution is -0.142. The van der Waals surface area contributed by atoms with Crippen molar-refractivity contribution in [2.45, 2.75) is 51.0 Å².